The topological polar surface area (TPSA) is 43.8 Å². The van der Waals surface area contributed by atoms with Gasteiger partial charge in [0.15, 0.2) is 0 Å². The second kappa shape index (κ2) is 5.88. The van der Waals surface area contributed by atoms with E-state index >= 15 is 0 Å². The number of nitrogens with zero attached hydrogens (tertiary/aromatic N) is 2. The van der Waals surface area contributed by atoms with Crippen molar-refractivity contribution in [3.63, 3.8) is 0 Å². The van der Waals surface area contributed by atoms with Crippen LogP contribution >= 0.6 is 11.6 Å². The number of halogens is 1. The van der Waals surface area contributed by atoms with Crippen molar-refractivity contribution >= 4 is 22.6 Å². The molecule has 21 heavy (non-hydrogen) atoms. The maximum Gasteiger partial charge on any atom is 0.0964 e. The third-order valence-corrected chi connectivity index (χ3v) is 4.23. The van der Waals surface area contributed by atoms with Crippen LogP contribution in [0, 0.1) is 0 Å². The summed E-state index contributed by atoms with van der Waals surface area (Å²) in [6.07, 6.45) is 2.72. The largest absolute Gasteiger partial charge is 0.326 e. The van der Waals surface area contributed by atoms with Crippen molar-refractivity contribution in [2.45, 2.75) is 25.4 Å². The van der Waals surface area contributed by atoms with E-state index in [4.69, 9.17) is 17.3 Å². The molecular weight excluding hydrogens is 282 g/mol. The van der Waals surface area contributed by atoms with Crippen LogP contribution in [0.4, 0.5) is 0 Å². The van der Waals surface area contributed by atoms with Gasteiger partial charge in [-0.2, -0.15) is 0 Å². The monoisotopic (exact) mass is 299 g/mol. The molecule has 3 aromatic rings. The third kappa shape index (κ3) is 2.55. The fraction of sp³-hybridized carbons (Fsp3) is 0.235. The number of aromatic nitrogens is 2. The van der Waals surface area contributed by atoms with Crippen molar-refractivity contribution in [3.8, 4) is 0 Å². The smallest absolute Gasteiger partial charge is 0.0964 e. The van der Waals surface area contributed by atoms with E-state index in [1.54, 1.807) is 0 Å². The molecule has 2 aromatic carbocycles. The van der Waals surface area contributed by atoms with Gasteiger partial charge in [0.05, 0.1) is 23.4 Å². The average molecular weight is 300 g/mol. The lowest BCUT2D eigenvalue weighted by Crippen LogP contribution is -2.32. The van der Waals surface area contributed by atoms with Gasteiger partial charge < -0.3 is 10.3 Å². The molecule has 0 saturated heterocycles. The number of para-hydroxylation sites is 2. The maximum atomic E-state index is 6.40. The molecule has 2 unspecified atom stereocenters. The van der Waals surface area contributed by atoms with Crippen molar-refractivity contribution < 1.29 is 0 Å². The van der Waals surface area contributed by atoms with Gasteiger partial charge in [-0.05, 0) is 30.2 Å². The van der Waals surface area contributed by atoms with Crippen LogP contribution in [0.15, 0.2) is 54.9 Å². The molecule has 0 aliphatic carbocycles. The second-order valence-corrected chi connectivity index (χ2v) is 5.59. The fourth-order valence-electron chi connectivity index (χ4n) is 2.72. The molecule has 0 spiro atoms. The molecule has 2 N–H and O–H groups in total. The minimum atomic E-state index is -0.0255. The van der Waals surface area contributed by atoms with E-state index in [0.717, 1.165) is 28.0 Å². The fourth-order valence-corrected chi connectivity index (χ4v) is 2.97. The molecule has 0 aliphatic heterocycles. The first-order valence-electron chi connectivity index (χ1n) is 7.14. The van der Waals surface area contributed by atoms with E-state index in [-0.39, 0.29) is 12.1 Å². The van der Waals surface area contributed by atoms with E-state index in [2.05, 4.69) is 22.5 Å². The molecule has 0 amide bonds. The van der Waals surface area contributed by atoms with Gasteiger partial charge in [0.25, 0.3) is 0 Å². The zero-order valence-electron chi connectivity index (χ0n) is 11.9. The summed E-state index contributed by atoms with van der Waals surface area (Å²) < 4.78 is 2.13. The SMILES string of the molecule is CCC(N)C(c1ccccc1Cl)n1cnc2ccccc21. The number of benzene rings is 2. The summed E-state index contributed by atoms with van der Waals surface area (Å²) in [5.74, 6) is 0. The van der Waals surface area contributed by atoms with E-state index < -0.39 is 0 Å². The number of nitrogens with two attached hydrogens (primary N) is 1. The van der Waals surface area contributed by atoms with E-state index in [9.17, 15) is 0 Å². The molecule has 108 valence electrons. The zero-order valence-corrected chi connectivity index (χ0v) is 12.7. The minimum absolute atomic E-state index is 0.0175. The second-order valence-electron chi connectivity index (χ2n) is 5.18. The standard InChI is InChI=1S/C17H18ClN3/c1-2-14(19)17(12-7-3-4-8-13(12)18)21-11-20-15-9-5-6-10-16(15)21/h3-11,14,17H,2,19H2,1H3. The number of rotatable bonds is 4. The Balaban J connectivity index is 2.19. The summed E-state index contributed by atoms with van der Waals surface area (Å²) in [5, 5.41) is 0.740. The van der Waals surface area contributed by atoms with Crippen molar-refractivity contribution in [2.75, 3.05) is 0 Å². The third-order valence-electron chi connectivity index (χ3n) is 3.88. The molecule has 2 atom stereocenters. The molecule has 0 radical (unpaired) electrons. The van der Waals surface area contributed by atoms with Crippen molar-refractivity contribution in [2.24, 2.45) is 5.73 Å². The zero-order chi connectivity index (χ0) is 14.8. The summed E-state index contributed by atoms with van der Waals surface area (Å²) >= 11 is 6.40. The predicted octanol–water partition coefficient (Wildman–Crippen LogP) is 4.02. The first-order chi connectivity index (χ1) is 10.2. The van der Waals surface area contributed by atoms with Crippen LogP contribution in [0.5, 0.6) is 0 Å². The van der Waals surface area contributed by atoms with Gasteiger partial charge in [-0.15, -0.1) is 0 Å². The first kappa shape index (κ1) is 14.1. The molecule has 3 nitrogen and oxygen atoms in total. The Hall–Kier alpha value is -1.84. The minimum Gasteiger partial charge on any atom is -0.326 e. The summed E-state index contributed by atoms with van der Waals surface area (Å²) in [7, 11) is 0. The van der Waals surface area contributed by atoms with Crippen LogP contribution < -0.4 is 5.73 Å². The van der Waals surface area contributed by atoms with Crippen LogP contribution in [-0.4, -0.2) is 15.6 Å². The van der Waals surface area contributed by atoms with Crippen LogP contribution in [-0.2, 0) is 0 Å². The van der Waals surface area contributed by atoms with Gasteiger partial charge in [0.1, 0.15) is 0 Å². The Labute approximate surface area is 129 Å². The van der Waals surface area contributed by atoms with Gasteiger partial charge in [-0.3, -0.25) is 0 Å². The Morgan fingerprint density at radius 3 is 2.62 bits per heavy atom. The average Bonchev–Trinajstić information content (AvgIpc) is 2.93. The van der Waals surface area contributed by atoms with Gasteiger partial charge in [0, 0.05) is 11.1 Å². The molecule has 4 heteroatoms. The lowest BCUT2D eigenvalue weighted by Gasteiger charge is -2.26. The Morgan fingerprint density at radius 2 is 1.86 bits per heavy atom. The summed E-state index contributed by atoms with van der Waals surface area (Å²) in [5.41, 5.74) is 9.48. The predicted molar refractivity (Wildman–Crippen MR) is 87.6 cm³/mol. The number of hydrogen-bond acceptors (Lipinski definition) is 2. The molecule has 0 bridgehead atoms. The van der Waals surface area contributed by atoms with Gasteiger partial charge >= 0.3 is 0 Å². The summed E-state index contributed by atoms with van der Waals surface area (Å²) in [6.45, 7) is 2.09. The highest BCUT2D eigenvalue weighted by Gasteiger charge is 2.24. The Bertz CT molecular complexity index is 750. The molecule has 0 fully saturated rings. The molecule has 1 heterocycles. The van der Waals surface area contributed by atoms with Crippen molar-refractivity contribution in [1.29, 1.82) is 0 Å². The highest BCUT2D eigenvalue weighted by Crippen LogP contribution is 2.31. The van der Waals surface area contributed by atoms with E-state index in [0.29, 0.717) is 0 Å². The van der Waals surface area contributed by atoms with Crippen LogP contribution in [0.3, 0.4) is 0 Å². The Morgan fingerprint density at radius 1 is 1.14 bits per heavy atom. The van der Waals surface area contributed by atoms with Crippen molar-refractivity contribution in [3.05, 3.63) is 65.4 Å². The normalized spacial score (nSPS) is 14.2. The Kier molecular flexibility index (Phi) is 3.95. The highest BCUT2D eigenvalue weighted by atomic mass is 35.5. The quantitative estimate of drug-likeness (QED) is 0.791. The number of imidazole rings is 1. The van der Waals surface area contributed by atoms with Crippen LogP contribution in [0.1, 0.15) is 24.9 Å². The number of fused-ring (bicyclic) bond motifs is 1. The van der Waals surface area contributed by atoms with Crippen LogP contribution in [0.2, 0.25) is 5.02 Å². The molecular formula is C17H18ClN3. The van der Waals surface area contributed by atoms with Crippen molar-refractivity contribution in [1.82, 2.24) is 9.55 Å². The van der Waals surface area contributed by atoms with E-state index in [1.807, 2.05) is 48.8 Å². The van der Waals surface area contributed by atoms with Gasteiger partial charge in [-0.1, -0.05) is 48.9 Å². The van der Waals surface area contributed by atoms with Gasteiger partial charge in [-0.25, -0.2) is 4.98 Å². The summed E-state index contributed by atoms with van der Waals surface area (Å²) in [6, 6.07) is 15.9. The first-order valence-corrected chi connectivity index (χ1v) is 7.51. The molecule has 0 saturated carbocycles. The van der Waals surface area contributed by atoms with Crippen LogP contribution in [0.25, 0.3) is 11.0 Å². The molecule has 1 aromatic heterocycles. The molecule has 0 aliphatic rings. The number of hydrogen-bond donors (Lipinski definition) is 1. The molecule has 3 rings (SSSR count). The lowest BCUT2D eigenvalue weighted by molar-refractivity contribution is 0.467. The summed E-state index contributed by atoms with van der Waals surface area (Å²) in [4.78, 5) is 4.48. The van der Waals surface area contributed by atoms with Gasteiger partial charge in [0.2, 0.25) is 0 Å². The highest BCUT2D eigenvalue weighted by molar-refractivity contribution is 6.31. The van der Waals surface area contributed by atoms with E-state index in [1.165, 1.54) is 0 Å². The lowest BCUT2D eigenvalue weighted by atomic mass is 9.97. The maximum absolute atomic E-state index is 6.40.